The van der Waals surface area contributed by atoms with Crippen LogP contribution in [-0.4, -0.2) is 53.9 Å². The highest BCUT2D eigenvalue weighted by Gasteiger charge is 2.16. The largest absolute Gasteiger partial charge is 0.326 e. The predicted octanol–water partition coefficient (Wildman–Crippen LogP) is 3.72. The molecule has 7 nitrogen and oxygen atoms in total. The quantitative estimate of drug-likeness (QED) is 0.676. The van der Waals surface area contributed by atoms with E-state index in [0.717, 1.165) is 24.1 Å². The summed E-state index contributed by atoms with van der Waals surface area (Å²) in [7, 11) is 3.96. The first kappa shape index (κ1) is 22.4. The van der Waals surface area contributed by atoms with E-state index in [1.807, 2.05) is 63.2 Å². The third-order valence-corrected chi connectivity index (χ3v) is 4.53. The summed E-state index contributed by atoms with van der Waals surface area (Å²) in [5, 5.41) is 5.91. The van der Waals surface area contributed by atoms with E-state index in [0.29, 0.717) is 30.9 Å². The molecule has 2 aromatic rings. The highest BCUT2D eigenvalue weighted by Crippen LogP contribution is 2.24. The fourth-order valence-electron chi connectivity index (χ4n) is 2.83. The summed E-state index contributed by atoms with van der Waals surface area (Å²) in [6, 6.07) is 9.16. The van der Waals surface area contributed by atoms with Crippen LogP contribution in [0.4, 0.5) is 16.2 Å². The molecule has 29 heavy (non-hydrogen) atoms. The number of nitrogens with one attached hydrogen (secondary N) is 2. The average molecular weight is 398 g/mol. The SMILES string of the molecule is CCCC(=O)Nc1cccc(NC(=O)N(CCN(C)C)Cc2cccnc2)c1C. The molecule has 0 atom stereocenters. The number of pyridine rings is 1. The highest BCUT2D eigenvalue weighted by atomic mass is 16.2. The topological polar surface area (TPSA) is 77.6 Å². The van der Waals surface area contributed by atoms with Crippen molar-refractivity contribution in [3.63, 3.8) is 0 Å². The van der Waals surface area contributed by atoms with Crippen LogP contribution in [0.1, 0.15) is 30.9 Å². The standard InChI is InChI=1S/C22H31N5O2/c1-5-8-21(28)24-19-10-6-11-20(17(19)2)25-22(29)27(14-13-26(3)4)16-18-9-7-12-23-15-18/h6-7,9-12,15H,5,8,13-14,16H2,1-4H3,(H,24,28)(H,25,29). The van der Waals surface area contributed by atoms with E-state index in [4.69, 9.17) is 0 Å². The number of carbonyl (C=O) groups is 2. The van der Waals surface area contributed by atoms with E-state index in [2.05, 4.69) is 15.6 Å². The van der Waals surface area contributed by atoms with Gasteiger partial charge in [0.05, 0.1) is 0 Å². The summed E-state index contributed by atoms with van der Waals surface area (Å²) in [5.74, 6) is -0.0248. The van der Waals surface area contributed by atoms with Crippen LogP contribution in [0.15, 0.2) is 42.7 Å². The van der Waals surface area contributed by atoms with Gasteiger partial charge in [0.2, 0.25) is 5.91 Å². The number of carbonyl (C=O) groups excluding carboxylic acids is 2. The van der Waals surface area contributed by atoms with Gasteiger partial charge < -0.3 is 20.4 Å². The van der Waals surface area contributed by atoms with Crippen molar-refractivity contribution in [2.45, 2.75) is 33.2 Å². The van der Waals surface area contributed by atoms with E-state index < -0.39 is 0 Å². The van der Waals surface area contributed by atoms with Crippen molar-refractivity contribution in [3.05, 3.63) is 53.9 Å². The molecule has 2 N–H and O–H groups in total. The van der Waals surface area contributed by atoms with Crippen LogP contribution in [0.2, 0.25) is 0 Å². The zero-order valence-electron chi connectivity index (χ0n) is 17.7. The number of likely N-dealkylation sites (N-methyl/N-ethyl adjacent to an activating group) is 1. The maximum atomic E-state index is 13.0. The van der Waals surface area contributed by atoms with Crippen molar-refractivity contribution >= 4 is 23.3 Å². The third kappa shape index (κ3) is 7.19. The Hall–Kier alpha value is -2.93. The number of anilines is 2. The lowest BCUT2D eigenvalue weighted by Gasteiger charge is -2.25. The summed E-state index contributed by atoms with van der Waals surface area (Å²) in [5.41, 5.74) is 3.21. The molecule has 0 fully saturated rings. The smallest absolute Gasteiger partial charge is 0.322 e. The first-order chi connectivity index (χ1) is 13.9. The van der Waals surface area contributed by atoms with Crippen molar-refractivity contribution in [1.29, 1.82) is 0 Å². The molecule has 0 saturated carbocycles. The molecule has 0 aliphatic rings. The number of hydrogen-bond donors (Lipinski definition) is 2. The fourth-order valence-corrected chi connectivity index (χ4v) is 2.83. The maximum absolute atomic E-state index is 13.0. The van der Waals surface area contributed by atoms with Crippen molar-refractivity contribution in [2.75, 3.05) is 37.8 Å². The zero-order valence-corrected chi connectivity index (χ0v) is 17.7. The minimum atomic E-state index is -0.184. The number of urea groups is 1. The maximum Gasteiger partial charge on any atom is 0.322 e. The van der Waals surface area contributed by atoms with Crippen LogP contribution < -0.4 is 10.6 Å². The fraction of sp³-hybridized carbons (Fsp3) is 0.409. The number of rotatable bonds is 9. The third-order valence-electron chi connectivity index (χ3n) is 4.53. The Morgan fingerprint density at radius 3 is 2.38 bits per heavy atom. The van der Waals surface area contributed by atoms with Gasteiger partial charge in [-0.2, -0.15) is 0 Å². The van der Waals surface area contributed by atoms with Gasteiger partial charge in [-0.15, -0.1) is 0 Å². The Morgan fingerprint density at radius 2 is 1.76 bits per heavy atom. The Morgan fingerprint density at radius 1 is 1.03 bits per heavy atom. The van der Waals surface area contributed by atoms with E-state index in [9.17, 15) is 9.59 Å². The molecule has 0 radical (unpaired) electrons. The molecule has 1 heterocycles. The second kappa shape index (κ2) is 11.2. The number of hydrogen-bond acceptors (Lipinski definition) is 4. The summed E-state index contributed by atoms with van der Waals surface area (Å²) in [6.07, 6.45) is 4.75. The van der Waals surface area contributed by atoms with Crippen LogP contribution in [0.3, 0.4) is 0 Å². The lowest BCUT2D eigenvalue weighted by molar-refractivity contribution is -0.116. The van der Waals surface area contributed by atoms with Gasteiger partial charge in [0.15, 0.2) is 0 Å². The number of amides is 3. The molecular weight excluding hydrogens is 366 g/mol. The molecule has 0 spiro atoms. The van der Waals surface area contributed by atoms with Crippen molar-refractivity contribution in [2.24, 2.45) is 0 Å². The molecule has 0 bridgehead atoms. The molecule has 0 unspecified atom stereocenters. The molecule has 1 aromatic carbocycles. The number of nitrogens with zero attached hydrogens (tertiary/aromatic N) is 3. The molecule has 156 valence electrons. The van der Waals surface area contributed by atoms with Gasteiger partial charge in [-0.3, -0.25) is 9.78 Å². The first-order valence-corrected chi connectivity index (χ1v) is 9.89. The second-order valence-electron chi connectivity index (χ2n) is 7.29. The average Bonchev–Trinajstić information content (AvgIpc) is 2.69. The molecule has 0 aliphatic carbocycles. The molecular formula is C22H31N5O2. The van der Waals surface area contributed by atoms with E-state index in [1.54, 1.807) is 17.3 Å². The lowest BCUT2D eigenvalue weighted by atomic mass is 10.1. The highest BCUT2D eigenvalue weighted by molar-refractivity contribution is 5.95. The summed E-state index contributed by atoms with van der Waals surface area (Å²) >= 11 is 0. The van der Waals surface area contributed by atoms with Crippen LogP contribution in [0, 0.1) is 6.92 Å². The normalized spacial score (nSPS) is 10.7. The summed E-state index contributed by atoms with van der Waals surface area (Å²) in [4.78, 5) is 32.9. The minimum Gasteiger partial charge on any atom is -0.326 e. The van der Waals surface area contributed by atoms with Crippen LogP contribution in [0.25, 0.3) is 0 Å². The minimum absolute atomic E-state index is 0.0248. The lowest BCUT2D eigenvalue weighted by Crippen LogP contribution is -2.39. The van der Waals surface area contributed by atoms with Crippen LogP contribution >= 0.6 is 0 Å². The summed E-state index contributed by atoms with van der Waals surface area (Å²) in [6.45, 7) is 5.66. The van der Waals surface area contributed by atoms with Gasteiger partial charge in [-0.1, -0.05) is 19.1 Å². The Kier molecular flexibility index (Phi) is 8.61. The Bertz CT molecular complexity index is 808. The van der Waals surface area contributed by atoms with Gasteiger partial charge in [0, 0.05) is 49.8 Å². The second-order valence-corrected chi connectivity index (χ2v) is 7.29. The van der Waals surface area contributed by atoms with Gasteiger partial charge in [-0.25, -0.2) is 4.79 Å². The molecule has 1 aromatic heterocycles. The Balaban J connectivity index is 2.14. The van der Waals surface area contributed by atoms with E-state index in [1.165, 1.54) is 0 Å². The van der Waals surface area contributed by atoms with Crippen LogP contribution in [0.5, 0.6) is 0 Å². The zero-order chi connectivity index (χ0) is 21.2. The van der Waals surface area contributed by atoms with Crippen molar-refractivity contribution in [3.8, 4) is 0 Å². The van der Waals surface area contributed by atoms with Crippen molar-refractivity contribution < 1.29 is 9.59 Å². The number of aromatic nitrogens is 1. The van der Waals surface area contributed by atoms with E-state index in [-0.39, 0.29) is 11.9 Å². The summed E-state index contributed by atoms with van der Waals surface area (Å²) < 4.78 is 0. The van der Waals surface area contributed by atoms with Crippen molar-refractivity contribution in [1.82, 2.24) is 14.8 Å². The Labute approximate surface area is 173 Å². The van der Waals surface area contributed by atoms with Crippen LogP contribution in [-0.2, 0) is 11.3 Å². The number of benzene rings is 1. The molecule has 2 rings (SSSR count). The molecule has 7 heteroatoms. The molecule has 3 amide bonds. The molecule has 0 saturated heterocycles. The monoisotopic (exact) mass is 397 g/mol. The first-order valence-electron chi connectivity index (χ1n) is 9.89. The molecule has 0 aliphatic heterocycles. The van der Waals surface area contributed by atoms with Gasteiger partial charge in [-0.05, 0) is 56.8 Å². The van der Waals surface area contributed by atoms with E-state index >= 15 is 0 Å². The predicted molar refractivity (Wildman–Crippen MR) is 117 cm³/mol. The van der Waals surface area contributed by atoms with Gasteiger partial charge in [0.25, 0.3) is 0 Å². The van der Waals surface area contributed by atoms with Gasteiger partial charge >= 0.3 is 6.03 Å². The van der Waals surface area contributed by atoms with Gasteiger partial charge in [0.1, 0.15) is 0 Å².